The summed E-state index contributed by atoms with van der Waals surface area (Å²) < 4.78 is 7.80. The molecular formula is C27H24Cl2N4O3S. The van der Waals surface area contributed by atoms with E-state index in [2.05, 4.69) is 14.7 Å². The van der Waals surface area contributed by atoms with Crippen LogP contribution in [0, 0.1) is 5.92 Å². The lowest BCUT2D eigenvalue weighted by Crippen LogP contribution is -2.38. The van der Waals surface area contributed by atoms with Gasteiger partial charge in [-0.25, -0.2) is 4.98 Å². The molecule has 0 atom stereocenters. The summed E-state index contributed by atoms with van der Waals surface area (Å²) in [6.07, 6.45) is 7.47. The smallest absolute Gasteiger partial charge is 0.289 e. The zero-order valence-electron chi connectivity index (χ0n) is 19.9. The summed E-state index contributed by atoms with van der Waals surface area (Å²) in [7, 11) is 0. The molecule has 2 amide bonds. The zero-order chi connectivity index (χ0) is 25.5. The number of likely N-dealkylation sites (tertiary alicyclic amines) is 1. The van der Waals surface area contributed by atoms with E-state index in [1.54, 1.807) is 24.4 Å². The summed E-state index contributed by atoms with van der Waals surface area (Å²) in [6.45, 7) is 2.00. The van der Waals surface area contributed by atoms with Gasteiger partial charge in [-0.2, -0.15) is 0 Å². The van der Waals surface area contributed by atoms with Gasteiger partial charge in [0, 0.05) is 30.0 Å². The SMILES string of the molecule is O=C(NCCCC1CCN(C(=O)c2cc3cc(Cl)cc(Cl)c3o2)CC1)C1=Cc2cnc3cccc(n23)S1. The fraction of sp³-hybridized carbons (Fsp3) is 0.296. The Morgan fingerprint density at radius 1 is 1.16 bits per heavy atom. The molecule has 0 bridgehead atoms. The molecule has 0 unspecified atom stereocenters. The van der Waals surface area contributed by atoms with Crippen molar-refractivity contribution in [1.82, 2.24) is 19.6 Å². The molecule has 1 N–H and O–H groups in total. The van der Waals surface area contributed by atoms with Crippen molar-refractivity contribution in [2.45, 2.75) is 30.7 Å². The second-order valence-corrected chi connectivity index (χ2v) is 11.3. The van der Waals surface area contributed by atoms with E-state index >= 15 is 0 Å². The fourth-order valence-electron chi connectivity index (χ4n) is 5.04. The molecule has 0 radical (unpaired) electrons. The number of hydrogen-bond acceptors (Lipinski definition) is 5. The van der Waals surface area contributed by atoms with Crippen molar-refractivity contribution < 1.29 is 14.0 Å². The number of fused-ring (bicyclic) bond motifs is 1. The van der Waals surface area contributed by atoms with E-state index in [1.807, 2.05) is 29.2 Å². The van der Waals surface area contributed by atoms with Gasteiger partial charge < -0.3 is 14.6 Å². The number of amides is 2. The number of hydrogen-bond donors (Lipinski definition) is 1. The number of piperidine rings is 1. The lowest BCUT2D eigenvalue weighted by atomic mass is 9.92. The van der Waals surface area contributed by atoms with E-state index < -0.39 is 0 Å². The number of thioether (sulfide) groups is 1. The summed E-state index contributed by atoms with van der Waals surface area (Å²) in [5, 5.41) is 5.69. The molecule has 3 aromatic heterocycles. The molecule has 4 aromatic rings. The Bertz CT molecular complexity index is 1550. The maximum atomic E-state index is 13.0. The first kappa shape index (κ1) is 24.4. The molecular weight excluding hydrogens is 531 g/mol. The first-order valence-electron chi connectivity index (χ1n) is 12.3. The second kappa shape index (κ2) is 10.1. The number of aromatic nitrogens is 2. The summed E-state index contributed by atoms with van der Waals surface area (Å²) in [5.74, 6) is 0.640. The first-order chi connectivity index (χ1) is 18.0. The predicted octanol–water partition coefficient (Wildman–Crippen LogP) is 6.28. The van der Waals surface area contributed by atoms with Crippen LogP contribution in [0.4, 0.5) is 0 Å². The van der Waals surface area contributed by atoms with Gasteiger partial charge in [0.1, 0.15) is 5.65 Å². The van der Waals surface area contributed by atoms with E-state index in [4.69, 9.17) is 27.6 Å². The maximum absolute atomic E-state index is 13.0. The third-order valence-corrected chi connectivity index (χ3v) is 8.51. The van der Waals surface area contributed by atoms with Crippen LogP contribution < -0.4 is 5.32 Å². The van der Waals surface area contributed by atoms with E-state index in [0.717, 1.165) is 47.4 Å². The van der Waals surface area contributed by atoms with Crippen molar-refractivity contribution >= 4 is 69.5 Å². The van der Waals surface area contributed by atoms with Crippen LogP contribution >= 0.6 is 35.0 Å². The number of nitrogens with zero attached hydrogens (tertiary/aromatic N) is 3. The Labute approximate surface area is 227 Å². The number of nitrogens with one attached hydrogen (secondary N) is 1. The van der Waals surface area contributed by atoms with E-state index in [1.165, 1.54) is 11.8 Å². The minimum Gasteiger partial charge on any atom is -0.449 e. The van der Waals surface area contributed by atoms with E-state index in [-0.39, 0.29) is 17.6 Å². The van der Waals surface area contributed by atoms with Gasteiger partial charge in [-0.3, -0.25) is 14.0 Å². The van der Waals surface area contributed by atoms with Gasteiger partial charge in [-0.15, -0.1) is 0 Å². The van der Waals surface area contributed by atoms with E-state index in [9.17, 15) is 9.59 Å². The summed E-state index contributed by atoms with van der Waals surface area (Å²) in [6, 6.07) is 11.0. The van der Waals surface area contributed by atoms with Crippen LogP contribution in [0.15, 0.2) is 56.9 Å². The second-order valence-electron chi connectivity index (χ2n) is 9.40. The molecule has 0 spiro atoms. The average Bonchev–Trinajstić information content (AvgIpc) is 3.52. The van der Waals surface area contributed by atoms with Gasteiger partial charge in [-0.1, -0.05) is 41.0 Å². The van der Waals surface area contributed by atoms with Gasteiger partial charge in [-0.05, 0) is 68.0 Å². The van der Waals surface area contributed by atoms with Crippen molar-refractivity contribution in [3.05, 3.63) is 69.0 Å². The molecule has 6 rings (SSSR count). The molecule has 1 aromatic carbocycles. The Morgan fingerprint density at radius 3 is 2.84 bits per heavy atom. The van der Waals surface area contributed by atoms with Crippen LogP contribution in [0.2, 0.25) is 10.0 Å². The number of furan rings is 1. The fourth-order valence-corrected chi connectivity index (χ4v) is 6.59. The molecule has 1 saturated heterocycles. The number of carbonyl (C=O) groups excluding carboxylic acids is 2. The predicted molar refractivity (Wildman–Crippen MR) is 146 cm³/mol. The Hall–Kier alpha value is -2.94. The number of carbonyl (C=O) groups is 2. The van der Waals surface area contributed by atoms with Crippen LogP contribution in [0.25, 0.3) is 22.7 Å². The molecule has 5 heterocycles. The average molecular weight is 555 g/mol. The topological polar surface area (TPSA) is 79.8 Å². The summed E-state index contributed by atoms with van der Waals surface area (Å²) in [4.78, 5) is 32.6. The molecule has 10 heteroatoms. The largest absolute Gasteiger partial charge is 0.449 e. The van der Waals surface area contributed by atoms with Crippen molar-refractivity contribution in [2.24, 2.45) is 5.92 Å². The van der Waals surface area contributed by atoms with Gasteiger partial charge in [0.2, 0.25) is 0 Å². The Kier molecular flexibility index (Phi) is 6.65. The third-order valence-electron chi connectivity index (χ3n) is 6.96. The van der Waals surface area contributed by atoms with Crippen LogP contribution in [-0.2, 0) is 4.79 Å². The summed E-state index contributed by atoms with van der Waals surface area (Å²) in [5.41, 5.74) is 2.29. The number of halogens is 2. The molecule has 2 aliphatic heterocycles. The lowest BCUT2D eigenvalue weighted by Gasteiger charge is -2.31. The van der Waals surface area contributed by atoms with Crippen molar-refractivity contribution in [1.29, 1.82) is 0 Å². The van der Waals surface area contributed by atoms with Crippen molar-refractivity contribution in [3.8, 4) is 0 Å². The monoisotopic (exact) mass is 554 g/mol. The first-order valence-corrected chi connectivity index (χ1v) is 13.9. The maximum Gasteiger partial charge on any atom is 0.289 e. The third kappa shape index (κ3) is 4.85. The molecule has 0 aliphatic carbocycles. The van der Waals surface area contributed by atoms with Gasteiger partial charge >= 0.3 is 0 Å². The van der Waals surface area contributed by atoms with E-state index in [0.29, 0.717) is 46.1 Å². The quantitative estimate of drug-likeness (QED) is 0.283. The zero-order valence-corrected chi connectivity index (χ0v) is 22.2. The van der Waals surface area contributed by atoms with Crippen LogP contribution in [0.3, 0.4) is 0 Å². The lowest BCUT2D eigenvalue weighted by molar-refractivity contribution is -0.116. The minimum atomic E-state index is -0.121. The number of rotatable bonds is 6. The minimum absolute atomic E-state index is 0.0536. The Balaban J connectivity index is 0.965. The number of benzene rings is 1. The van der Waals surface area contributed by atoms with Gasteiger partial charge in [0.05, 0.1) is 26.8 Å². The van der Waals surface area contributed by atoms with Crippen LogP contribution in [0.1, 0.15) is 41.9 Å². The number of imidazole rings is 1. The molecule has 1 fully saturated rings. The van der Waals surface area contributed by atoms with Gasteiger partial charge in [0.25, 0.3) is 11.8 Å². The highest BCUT2D eigenvalue weighted by Crippen LogP contribution is 2.35. The van der Waals surface area contributed by atoms with Crippen LogP contribution in [-0.4, -0.2) is 45.7 Å². The molecule has 37 heavy (non-hydrogen) atoms. The van der Waals surface area contributed by atoms with Crippen molar-refractivity contribution in [2.75, 3.05) is 19.6 Å². The van der Waals surface area contributed by atoms with Crippen LogP contribution in [0.5, 0.6) is 0 Å². The van der Waals surface area contributed by atoms with Crippen molar-refractivity contribution in [3.63, 3.8) is 0 Å². The van der Waals surface area contributed by atoms with Gasteiger partial charge in [0.15, 0.2) is 11.3 Å². The molecule has 190 valence electrons. The standard InChI is InChI=1S/C27H24Cl2N4O3S/c28-18-11-17-12-21(36-25(17)20(29)13-18)27(35)32-9-6-16(7-10-32)3-2-8-30-26(34)22-14-19-15-31-23-4-1-5-24(37-22)33(19)23/h1,4-5,11-16H,2-3,6-10H2,(H,30,34). The highest BCUT2D eigenvalue weighted by molar-refractivity contribution is 8.04. The Morgan fingerprint density at radius 2 is 2.00 bits per heavy atom. The number of pyridine rings is 1. The molecule has 7 nitrogen and oxygen atoms in total. The summed E-state index contributed by atoms with van der Waals surface area (Å²) >= 11 is 13.7. The highest BCUT2D eigenvalue weighted by atomic mass is 35.5. The molecule has 0 saturated carbocycles. The normalized spacial score (nSPS) is 15.8. The highest BCUT2D eigenvalue weighted by Gasteiger charge is 2.26. The molecule has 2 aliphatic rings.